The molecule has 0 bridgehead atoms. The van der Waals surface area contributed by atoms with Crippen LogP contribution >= 0.6 is 0 Å². The molecular weight excluding hydrogens is 234 g/mol. The first-order valence-corrected chi connectivity index (χ1v) is 5.74. The van der Waals surface area contributed by atoms with Gasteiger partial charge in [-0.2, -0.15) is 5.10 Å². The number of hydrogen-bond donors (Lipinski definition) is 1. The maximum atomic E-state index is 12.3. The van der Waals surface area contributed by atoms with Gasteiger partial charge in [0.25, 0.3) is 5.91 Å². The highest BCUT2D eigenvalue weighted by molar-refractivity contribution is 5.94. The molecule has 1 aromatic heterocycles. The average Bonchev–Trinajstić information content (AvgIpc) is 2.62. The van der Waals surface area contributed by atoms with E-state index in [1.165, 1.54) is 6.20 Å². The SMILES string of the molecule is Cn1cc(C(=O)N(CCC(=O)O)C(C)(C)C)cn1. The third-order valence-corrected chi connectivity index (χ3v) is 2.56. The molecule has 0 saturated carbocycles. The summed E-state index contributed by atoms with van der Waals surface area (Å²) in [7, 11) is 1.73. The number of nitrogens with zero attached hydrogens (tertiary/aromatic N) is 3. The van der Waals surface area contributed by atoms with Gasteiger partial charge < -0.3 is 10.0 Å². The highest BCUT2D eigenvalue weighted by atomic mass is 16.4. The molecular formula is C12H19N3O3. The van der Waals surface area contributed by atoms with E-state index in [-0.39, 0.29) is 18.9 Å². The van der Waals surface area contributed by atoms with Crippen molar-refractivity contribution in [3.05, 3.63) is 18.0 Å². The van der Waals surface area contributed by atoms with E-state index in [0.29, 0.717) is 5.56 Å². The van der Waals surface area contributed by atoms with Gasteiger partial charge in [0.2, 0.25) is 0 Å². The molecule has 0 aliphatic carbocycles. The number of carbonyl (C=O) groups is 2. The molecule has 0 aliphatic rings. The van der Waals surface area contributed by atoms with Crippen molar-refractivity contribution in [3.63, 3.8) is 0 Å². The summed E-state index contributed by atoms with van der Waals surface area (Å²) < 4.78 is 1.55. The quantitative estimate of drug-likeness (QED) is 0.873. The van der Waals surface area contributed by atoms with Crippen molar-refractivity contribution >= 4 is 11.9 Å². The smallest absolute Gasteiger partial charge is 0.305 e. The van der Waals surface area contributed by atoms with E-state index >= 15 is 0 Å². The largest absolute Gasteiger partial charge is 0.481 e. The van der Waals surface area contributed by atoms with Crippen LogP contribution in [0.2, 0.25) is 0 Å². The molecule has 6 heteroatoms. The summed E-state index contributed by atoms with van der Waals surface area (Å²) in [5.41, 5.74) is 0.0420. The number of aromatic nitrogens is 2. The Labute approximate surface area is 106 Å². The second-order valence-electron chi connectivity index (χ2n) is 5.17. The Morgan fingerprint density at radius 2 is 2.06 bits per heavy atom. The van der Waals surface area contributed by atoms with E-state index in [1.807, 2.05) is 20.8 Å². The molecule has 100 valence electrons. The van der Waals surface area contributed by atoms with Gasteiger partial charge in [-0.25, -0.2) is 0 Å². The topological polar surface area (TPSA) is 75.4 Å². The van der Waals surface area contributed by atoms with E-state index in [9.17, 15) is 9.59 Å². The molecule has 0 aromatic carbocycles. The van der Waals surface area contributed by atoms with Gasteiger partial charge >= 0.3 is 5.97 Å². The first-order chi connectivity index (χ1) is 8.21. The van der Waals surface area contributed by atoms with Gasteiger partial charge in [0.15, 0.2) is 0 Å². The van der Waals surface area contributed by atoms with Crippen LogP contribution in [0.15, 0.2) is 12.4 Å². The van der Waals surface area contributed by atoms with Gasteiger partial charge in [-0.1, -0.05) is 0 Å². The van der Waals surface area contributed by atoms with E-state index in [4.69, 9.17) is 5.11 Å². The zero-order valence-corrected chi connectivity index (χ0v) is 11.2. The second-order valence-corrected chi connectivity index (χ2v) is 5.17. The predicted octanol–water partition coefficient (Wildman–Crippen LogP) is 1.14. The molecule has 1 heterocycles. The summed E-state index contributed by atoms with van der Waals surface area (Å²) in [5.74, 6) is -1.11. The van der Waals surface area contributed by atoms with Crippen LogP contribution in [0.25, 0.3) is 0 Å². The molecule has 0 fully saturated rings. The number of hydrogen-bond acceptors (Lipinski definition) is 3. The molecule has 0 aliphatic heterocycles. The number of rotatable bonds is 4. The van der Waals surface area contributed by atoms with Crippen LogP contribution < -0.4 is 0 Å². The summed E-state index contributed by atoms with van der Waals surface area (Å²) in [6.45, 7) is 5.82. The molecule has 18 heavy (non-hydrogen) atoms. The molecule has 6 nitrogen and oxygen atoms in total. The number of carboxylic acid groups (broad SMARTS) is 1. The summed E-state index contributed by atoms with van der Waals surface area (Å²) in [6.07, 6.45) is 3.05. The zero-order chi connectivity index (χ0) is 13.9. The molecule has 1 amide bonds. The fourth-order valence-electron chi connectivity index (χ4n) is 1.64. The van der Waals surface area contributed by atoms with Crippen LogP contribution in [-0.4, -0.2) is 43.7 Å². The Bertz CT molecular complexity index is 446. The molecule has 1 aromatic rings. The van der Waals surface area contributed by atoms with Gasteiger partial charge in [-0.3, -0.25) is 14.3 Å². The van der Waals surface area contributed by atoms with Gasteiger partial charge in [-0.15, -0.1) is 0 Å². The highest BCUT2D eigenvalue weighted by Gasteiger charge is 2.28. The second kappa shape index (κ2) is 5.20. The lowest BCUT2D eigenvalue weighted by Crippen LogP contribution is -2.46. The Kier molecular flexibility index (Phi) is 4.11. The molecule has 0 unspecified atom stereocenters. The predicted molar refractivity (Wildman–Crippen MR) is 66.3 cm³/mol. The summed E-state index contributed by atoms with van der Waals surface area (Å²) in [6, 6.07) is 0. The molecule has 0 saturated heterocycles. The fraction of sp³-hybridized carbons (Fsp3) is 0.583. The lowest BCUT2D eigenvalue weighted by atomic mass is 10.0. The lowest BCUT2D eigenvalue weighted by Gasteiger charge is -2.35. The van der Waals surface area contributed by atoms with Crippen molar-refractivity contribution in [2.24, 2.45) is 7.05 Å². The van der Waals surface area contributed by atoms with Crippen molar-refractivity contribution in [1.82, 2.24) is 14.7 Å². The van der Waals surface area contributed by atoms with Crippen LogP contribution in [0, 0.1) is 0 Å². The van der Waals surface area contributed by atoms with E-state index < -0.39 is 11.5 Å². The van der Waals surface area contributed by atoms with Gasteiger partial charge in [0.05, 0.1) is 18.2 Å². The molecule has 1 N–H and O–H groups in total. The minimum atomic E-state index is -0.914. The maximum absolute atomic E-state index is 12.3. The third kappa shape index (κ3) is 3.58. The molecule has 1 rings (SSSR count). The number of amides is 1. The summed E-state index contributed by atoms with van der Waals surface area (Å²) in [5, 5.41) is 12.7. The monoisotopic (exact) mass is 253 g/mol. The average molecular weight is 253 g/mol. The normalized spacial score (nSPS) is 11.3. The van der Waals surface area contributed by atoms with E-state index in [2.05, 4.69) is 5.10 Å². The third-order valence-electron chi connectivity index (χ3n) is 2.56. The van der Waals surface area contributed by atoms with Crippen LogP contribution in [0.1, 0.15) is 37.6 Å². The maximum Gasteiger partial charge on any atom is 0.305 e. The minimum Gasteiger partial charge on any atom is -0.481 e. The first-order valence-electron chi connectivity index (χ1n) is 5.74. The van der Waals surface area contributed by atoms with Crippen molar-refractivity contribution in [2.45, 2.75) is 32.7 Å². The van der Waals surface area contributed by atoms with E-state index in [0.717, 1.165) is 0 Å². The van der Waals surface area contributed by atoms with Crippen LogP contribution in [0.3, 0.4) is 0 Å². The molecule has 0 atom stereocenters. The number of aliphatic carboxylic acids is 1. The fourth-order valence-corrected chi connectivity index (χ4v) is 1.64. The number of aryl methyl sites for hydroxylation is 1. The van der Waals surface area contributed by atoms with Gasteiger partial charge in [-0.05, 0) is 20.8 Å². The van der Waals surface area contributed by atoms with Crippen molar-refractivity contribution < 1.29 is 14.7 Å². The van der Waals surface area contributed by atoms with Crippen LogP contribution in [-0.2, 0) is 11.8 Å². The van der Waals surface area contributed by atoms with Crippen LogP contribution in [0.4, 0.5) is 0 Å². The Balaban J connectivity index is 2.89. The zero-order valence-electron chi connectivity index (χ0n) is 11.2. The minimum absolute atomic E-state index is 0.0662. The standard InChI is InChI=1S/C12H19N3O3/c1-12(2,3)15(6-5-10(16)17)11(18)9-7-13-14(4)8-9/h7-8H,5-6H2,1-4H3,(H,16,17). The summed E-state index contributed by atoms with van der Waals surface area (Å²) in [4.78, 5) is 24.5. The van der Waals surface area contributed by atoms with Crippen molar-refractivity contribution in [1.29, 1.82) is 0 Å². The number of carboxylic acids is 1. The Morgan fingerprint density at radius 3 is 2.44 bits per heavy atom. The van der Waals surface area contributed by atoms with Crippen molar-refractivity contribution in [2.75, 3.05) is 6.54 Å². The van der Waals surface area contributed by atoms with Crippen LogP contribution in [0.5, 0.6) is 0 Å². The van der Waals surface area contributed by atoms with E-state index in [1.54, 1.807) is 22.8 Å². The number of carbonyl (C=O) groups excluding carboxylic acids is 1. The highest BCUT2D eigenvalue weighted by Crippen LogP contribution is 2.17. The van der Waals surface area contributed by atoms with Crippen molar-refractivity contribution in [3.8, 4) is 0 Å². The molecule has 0 radical (unpaired) electrons. The Hall–Kier alpha value is -1.85. The Morgan fingerprint density at radius 1 is 1.44 bits per heavy atom. The molecule has 0 spiro atoms. The van der Waals surface area contributed by atoms with Gasteiger partial charge in [0, 0.05) is 25.3 Å². The lowest BCUT2D eigenvalue weighted by molar-refractivity contribution is -0.137. The first kappa shape index (κ1) is 14.2. The summed E-state index contributed by atoms with van der Waals surface area (Å²) >= 11 is 0. The van der Waals surface area contributed by atoms with Gasteiger partial charge in [0.1, 0.15) is 0 Å².